The molecule has 0 heterocycles. The summed E-state index contributed by atoms with van der Waals surface area (Å²) in [6.07, 6.45) is 11.0. The quantitative estimate of drug-likeness (QED) is 0.536. The summed E-state index contributed by atoms with van der Waals surface area (Å²) in [6.45, 7) is 10.1. The third-order valence-corrected chi connectivity index (χ3v) is 3.65. The van der Waals surface area contributed by atoms with Crippen LogP contribution in [0.25, 0.3) is 0 Å². The van der Waals surface area contributed by atoms with Crippen molar-refractivity contribution in [3.8, 4) is 0 Å². The lowest BCUT2D eigenvalue weighted by Gasteiger charge is -2.22. The van der Waals surface area contributed by atoms with Crippen molar-refractivity contribution in [3.05, 3.63) is 0 Å². The Morgan fingerprint density at radius 2 is 1.62 bits per heavy atom. The first-order valence-electron chi connectivity index (χ1n) is 7.22. The van der Waals surface area contributed by atoms with E-state index in [-0.39, 0.29) is 0 Å². The van der Waals surface area contributed by atoms with Crippen LogP contribution >= 0.6 is 0 Å². The smallest absolute Gasteiger partial charge is 0.00258 e. The van der Waals surface area contributed by atoms with E-state index in [2.05, 4.69) is 27.7 Å². The Labute approximate surface area is 103 Å². The fraction of sp³-hybridized carbons (Fsp3) is 1.00. The summed E-state index contributed by atoms with van der Waals surface area (Å²) in [5, 5.41) is 0. The minimum Gasteiger partial charge on any atom is -0.330 e. The molecule has 16 heavy (non-hydrogen) atoms. The zero-order valence-electron chi connectivity index (χ0n) is 12.0. The first kappa shape index (κ1) is 16.0. The van der Waals surface area contributed by atoms with Crippen LogP contribution in [0.2, 0.25) is 0 Å². The molecule has 0 aromatic rings. The maximum atomic E-state index is 5.72. The summed E-state index contributed by atoms with van der Waals surface area (Å²) in [6, 6.07) is 0. The van der Waals surface area contributed by atoms with Crippen molar-refractivity contribution in [3.63, 3.8) is 0 Å². The number of hydrogen-bond acceptors (Lipinski definition) is 1. The topological polar surface area (TPSA) is 26.0 Å². The lowest BCUT2D eigenvalue weighted by Crippen LogP contribution is -2.23. The van der Waals surface area contributed by atoms with Crippen LogP contribution in [0.1, 0.15) is 79.1 Å². The molecule has 0 spiro atoms. The van der Waals surface area contributed by atoms with E-state index in [0.717, 1.165) is 12.5 Å². The number of nitrogens with two attached hydrogens (primary N) is 1. The highest BCUT2D eigenvalue weighted by Gasteiger charge is 2.14. The fourth-order valence-corrected chi connectivity index (χ4v) is 2.07. The van der Waals surface area contributed by atoms with Crippen molar-refractivity contribution in [2.45, 2.75) is 79.1 Å². The minimum atomic E-state index is 0.355. The number of unbranched alkanes of at least 4 members (excludes halogenated alkanes) is 3. The Bertz CT molecular complexity index is 152. The molecule has 0 aliphatic carbocycles. The molecule has 0 fully saturated rings. The van der Waals surface area contributed by atoms with E-state index in [9.17, 15) is 0 Å². The largest absolute Gasteiger partial charge is 0.330 e. The Hall–Kier alpha value is -0.0400. The van der Waals surface area contributed by atoms with Crippen molar-refractivity contribution in [2.24, 2.45) is 17.1 Å². The molecule has 0 saturated heterocycles. The third kappa shape index (κ3) is 9.21. The molecule has 98 valence electrons. The third-order valence-electron chi connectivity index (χ3n) is 3.65. The summed E-state index contributed by atoms with van der Waals surface area (Å²) in [5.41, 5.74) is 6.08. The van der Waals surface area contributed by atoms with Crippen molar-refractivity contribution >= 4 is 0 Å². The highest BCUT2D eigenvalue weighted by atomic mass is 14.6. The van der Waals surface area contributed by atoms with E-state index < -0.39 is 0 Å². The predicted octanol–water partition coefficient (Wildman–Crippen LogP) is 4.75. The van der Waals surface area contributed by atoms with E-state index >= 15 is 0 Å². The Morgan fingerprint density at radius 1 is 1.00 bits per heavy atom. The predicted molar refractivity (Wildman–Crippen MR) is 74.6 cm³/mol. The van der Waals surface area contributed by atoms with Crippen LogP contribution in [0.5, 0.6) is 0 Å². The molecule has 0 aliphatic heterocycles. The van der Waals surface area contributed by atoms with E-state index in [1.54, 1.807) is 0 Å². The molecular weight excluding hydrogens is 194 g/mol. The van der Waals surface area contributed by atoms with Gasteiger partial charge in [0.15, 0.2) is 0 Å². The molecule has 0 amide bonds. The van der Waals surface area contributed by atoms with Gasteiger partial charge in [-0.3, -0.25) is 0 Å². The van der Waals surface area contributed by atoms with Gasteiger partial charge in [0.25, 0.3) is 0 Å². The molecule has 1 nitrogen and oxygen atoms in total. The monoisotopic (exact) mass is 227 g/mol. The molecule has 1 heteroatoms. The second-order valence-corrected chi connectivity index (χ2v) is 6.22. The number of hydrogen-bond donors (Lipinski definition) is 1. The molecule has 0 rings (SSSR count). The fourth-order valence-electron chi connectivity index (χ4n) is 2.07. The maximum absolute atomic E-state index is 5.72. The molecule has 0 aromatic heterocycles. The maximum Gasteiger partial charge on any atom is -0.00258 e. The van der Waals surface area contributed by atoms with Crippen LogP contribution in [0, 0.1) is 11.3 Å². The van der Waals surface area contributed by atoms with Crippen LogP contribution in [0.4, 0.5) is 0 Å². The van der Waals surface area contributed by atoms with Crippen molar-refractivity contribution in [1.29, 1.82) is 0 Å². The van der Waals surface area contributed by atoms with Gasteiger partial charge >= 0.3 is 0 Å². The van der Waals surface area contributed by atoms with Gasteiger partial charge in [-0.15, -0.1) is 0 Å². The van der Waals surface area contributed by atoms with Crippen LogP contribution in [0.3, 0.4) is 0 Å². The highest BCUT2D eigenvalue weighted by Crippen LogP contribution is 2.23. The van der Waals surface area contributed by atoms with Crippen molar-refractivity contribution in [2.75, 3.05) is 6.54 Å². The van der Waals surface area contributed by atoms with Crippen molar-refractivity contribution in [1.82, 2.24) is 0 Å². The second-order valence-electron chi connectivity index (χ2n) is 6.22. The molecule has 0 aliphatic rings. The lowest BCUT2D eigenvalue weighted by molar-refractivity contribution is 0.326. The lowest BCUT2D eigenvalue weighted by atomic mass is 9.86. The van der Waals surface area contributed by atoms with Gasteiger partial charge in [-0.1, -0.05) is 72.6 Å². The molecule has 1 unspecified atom stereocenters. The minimum absolute atomic E-state index is 0.355. The van der Waals surface area contributed by atoms with Gasteiger partial charge in [0.05, 0.1) is 0 Å². The van der Waals surface area contributed by atoms with Gasteiger partial charge in [0.2, 0.25) is 0 Å². The Morgan fingerprint density at radius 3 is 2.19 bits per heavy atom. The van der Waals surface area contributed by atoms with Crippen LogP contribution < -0.4 is 5.73 Å². The molecule has 0 radical (unpaired) electrons. The first-order chi connectivity index (χ1) is 7.52. The normalized spacial score (nSPS) is 14.1. The summed E-state index contributed by atoms with van der Waals surface area (Å²) in [5.74, 6) is 0.933. The average molecular weight is 227 g/mol. The van der Waals surface area contributed by atoms with E-state index in [4.69, 9.17) is 5.73 Å². The van der Waals surface area contributed by atoms with Crippen LogP contribution in [-0.4, -0.2) is 6.54 Å². The first-order valence-corrected chi connectivity index (χ1v) is 7.22. The standard InChI is InChI=1S/C15H33N/c1-5-6-10-14(2)11-8-7-9-12-15(3,4)13-16/h14H,5-13,16H2,1-4H3. The van der Waals surface area contributed by atoms with Crippen LogP contribution in [-0.2, 0) is 0 Å². The van der Waals surface area contributed by atoms with Gasteiger partial charge in [-0.2, -0.15) is 0 Å². The zero-order valence-corrected chi connectivity index (χ0v) is 12.0. The highest BCUT2D eigenvalue weighted by molar-refractivity contribution is 4.68. The Balaban J connectivity index is 3.33. The summed E-state index contributed by atoms with van der Waals surface area (Å²) in [4.78, 5) is 0. The summed E-state index contributed by atoms with van der Waals surface area (Å²) >= 11 is 0. The van der Waals surface area contributed by atoms with E-state index in [1.807, 2.05) is 0 Å². The summed E-state index contributed by atoms with van der Waals surface area (Å²) < 4.78 is 0. The van der Waals surface area contributed by atoms with Gasteiger partial charge < -0.3 is 5.73 Å². The molecular formula is C15H33N. The molecule has 0 bridgehead atoms. The van der Waals surface area contributed by atoms with Gasteiger partial charge in [0.1, 0.15) is 0 Å². The van der Waals surface area contributed by atoms with Gasteiger partial charge in [-0.25, -0.2) is 0 Å². The second kappa shape index (κ2) is 9.04. The Kier molecular flexibility index (Phi) is 9.02. The average Bonchev–Trinajstić information content (AvgIpc) is 2.25. The van der Waals surface area contributed by atoms with E-state index in [1.165, 1.54) is 51.4 Å². The van der Waals surface area contributed by atoms with E-state index in [0.29, 0.717) is 5.41 Å². The molecule has 1 atom stereocenters. The molecule has 0 aromatic carbocycles. The van der Waals surface area contributed by atoms with Gasteiger partial charge in [0, 0.05) is 0 Å². The van der Waals surface area contributed by atoms with Crippen molar-refractivity contribution < 1.29 is 0 Å². The summed E-state index contributed by atoms with van der Waals surface area (Å²) in [7, 11) is 0. The SMILES string of the molecule is CCCCC(C)CCCCCC(C)(C)CN. The van der Waals surface area contributed by atoms with Gasteiger partial charge in [-0.05, 0) is 24.3 Å². The molecule has 0 saturated carbocycles. The zero-order chi connectivity index (χ0) is 12.4. The molecule has 2 N–H and O–H groups in total. The van der Waals surface area contributed by atoms with Crippen LogP contribution in [0.15, 0.2) is 0 Å². The number of rotatable bonds is 10.